The summed E-state index contributed by atoms with van der Waals surface area (Å²) in [6, 6.07) is 7.28. The number of halogens is 3. The van der Waals surface area contributed by atoms with E-state index >= 15 is 0 Å². The Kier molecular flexibility index (Phi) is 6.00. The molecule has 0 spiro atoms. The zero-order valence-electron chi connectivity index (χ0n) is 18.0. The van der Waals surface area contributed by atoms with Gasteiger partial charge in [0.25, 0.3) is 5.91 Å². The number of nitrogens with one attached hydrogen (secondary N) is 1. The summed E-state index contributed by atoms with van der Waals surface area (Å²) in [5.41, 5.74) is 0.460. The number of aromatic nitrogens is 2. The van der Waals surface area contributed by atoms with Crippen LogP contribution in [-0.2, 0) is 0 Å². The number of hydrogen-bond donors (Lipinski definition) is 1. The topological polar surface area (TPSA) is 54.9 Å². The molecule has 32 heavy (non-hydrogen) atoms. The van der Waals surface area contributed by atoms with E-state index in [0.717, 1.165) is 49.4 Å². The monoisotopic (exact) mass is 439 g/mol. The minimum Gasteiger partial charge on any atom is -0.319 e. The molecule has 1 aromatic carbocycles. The normalized spacial score (nSPS) is 17.7. The summed E-state index contributed by atoms with van der Waals surface area (Å²) in [7, 11) is 0. The van der Waals surface area contributed by atoms with Crippen molar-refractivity contribution in [2.75, 3.05) is 5.32 Å². The predicted octanol–water partition coefficient (Wildman–Crippen LogP) is 6.50. The molecule has 1 aliphatic rings. The summed E-state index contributed by atoms with van der Waals surface area (Å²) in [5.74, 6) is -3.16. The summed E-state index contributed by atoms with van der Waals surface area (Å²) in [6.45, 7) is 4.48. The van der Waals surface area contributed by atoms with Gasteiger partial charge in [-0.1, -0.05) is 26.3 Å². The molecule has 2 heterocycles. The second-order valence-corrected chi connectivity index (χ2v) is 9.00. The molecule has 1 fully saturated rings. The van der Waals surface area contributed by atoms with Gasteiger partial charge >= 0.3 is 0 Å². The van der Waals surface area contributed by atoms with E-state index < -0.39 is 34.6 Å². The van der Waals surface area contributed by atoms with Gasteiger partial charge in [0.1, 0.15) is 28.8 Å². The smallest absolute Gasteiger partial charge is 0.274 e. The number of carbonyl (C=O) groups is 1. The van der Waals surface area contributed by atoms with E-state index in [4.69, 9.17) is 0 Å². The molecular weight excluding hydrogens is 415 g/mol. The van der Waals surface area contributed by atoms with Gasteiger partial charge in [-0.05, 0) is 66.5 Å². The summed E-state index contributed by atoms with van der Waals surface area (Å²) in [5, 5.41) is 2.80. The first-order chi connectivity index (χ1) is 15.2. The second kappa shape index (κ2) is 8.73. The number of amides is 1. The minimum absolute atomic E-state index is 0.150. The van der Waals surface area contributed by atoms with Gasteiger partial charge in [-0.25, -0.2) is 18.2 Å². The van der Waals surface area contributed by atoms with Crippen LogP contribution >= 0.6 is 0 Å². The number of benzene rings is 1. The van der Waals surface area contributed by atoms with Crippen molar-refractivity contribution in [3.05, 3.63) is 77.5 Å². The van der Waals surface area contributed by atoms with E-state index in [-0.39, 0.29) is 17.0 Å². The molecule has 1 atom stereocenters. The van der Waals surface area contributed by atoms with Gasteiger partial charge in [0.05, 0.1) is 17.4 Å². The maximum atomic E-state index is 14.3. The first kappa shape index (κ1) is 22.0. The Labute approximate surface area is 184 Å². The molecule has 0 saturated heterocycles. The molecule has 7 heteroatoms. The van der Waals surface area contributed by atoms with Gasteiger partial charge < -0.3 is 5.32 Å². The highest BCUT2D eigenvalue weighted by Crippen LogP contribution is 2.45. The molecule has 1 aliphatic carbocycles. The fourth-order valence-corrected chi connectivity index (χ4v) is 4.48. The Hall–Kier alpha value is -3.22. The number of anilines is 1. The highest BCUT2D eigenvalue weighted by molar-refractivity contribution is 6.03. The molecular formula is C25H24F3N3O. The van der Waals surface area contributed by atoms with Crippen LogP contribution in [-0.4, -0.2) is 15.9 Å². The first-order valence-electron chi connectivity index (χ1n) is 10.6. The highest BCUT2D eigenvalue weighted by Gasteiger charge is 2.30. The minimum atomic E-state index is -0.955. The van der Waals surface area contributed by atoms with E-state index in [0.29, 0.717) is 5.69 Å². The Balaban J connectivity index is 1.64. The molecule has 2 aromatic heterocycles. The summed E-state index contributed by atoms with van der Waals surface area (Å²) < 4.78 is 42.7. The fourth-order valence-electron chi connectivity index (χ4n) is 4.48. The maximum Gasteiger partial charge on any atom is 0.274 e. The van der Waals surface area contributed by atoms with E-state index in [1.807, 2.05) is 6.07 Å². The molecule has 0 bridgehead atoms. The molecule has 0 radical (unpaired) electrons. The number of carbonyl (C=O) groups excluding carboxylic acids is 1. The average molecular weight is 439 g/mol. The van der Waals surface area contributed by atoms with Crippen molar-refractivity contribution in [3.63, 3.8) is 0 Å². The van der Waals surface area contributed by atoms with E-state index in [2.05, 4.69) is 29.1 Å². The van der Waals surface area contributed by atoms with Crippen molar-refractivity contribution < 1.29 is 18.0 Å². The molecule has 166 valence electrons. The van der Waals surface area contributed by atoms with Crippen molar-refractivity contribution in [1.29, 1.82) is 0 Å². The zero-order chi connectivity index (χ0) is 22.9. The van der Waals surface area contributed by atoms with Gasteiger partial charge in [-0.3, -0.25) is 9.78 Å². The van der Waals surface area contributed by atoms with E-state index in [9.17, 15) is 18.0 Å². The van der Waals surface area contributed by atoms with Gasteiger partial charge in [-0.2, -0.15) is 0 Å². The van der Waals surface area contributed by atoms with Crippen molar-refractivity contribution in [2.45, 2.75) is 45.4 Å². The van der Waals surface area contributed by atoms with Crippen LogP contribution in [0.2, 0.25) is 0 Å². The third-order valence-electron chi connectivity index (χ3n) is 6.03. The number of pyridine rings is 2. The lowest BCUT2D eigenvalue weighted by Crippen LogP contribution is -2.23. The number of nitrogens with zero attached hydrogens (tertiary/aromatic N) is 2. The molecule has 0 aliphatic heterocycles. The molecule has 0 unspecified atom stereocenters. The zero-order valence-corrected chi connectivity index (χ0v) is 18.0. The van der Waals surface area contributed by atoms with Crippen LogP contribution < -0.4 is 5.32 Å². The third-order valence-corrected chi connectivity index (χ3v) is 6.03. The van der Waals surface area contributed by atoms with E-state index in [1.165, 1.54) is 12.1 Å². The van der Waals surface area contributed by atoms with Crippen LogP contribution in [0.4, 0.5) is 18.9 Å². The van der Waals surface area contributed by atoms with Crippen LogP contribution in [0.5, 0.6) is 0 Å². The van der Waals surface area contributed by atoms with Crippen molar-refractivity contribution >= 4 is 11.6 Å². The van der Waals surface area contributed by atoms with Crippen LogP contribution in [0.3, 0.4) is 0 Å². The summed E-state index contributed by atoms with van der Waals surface area (Å²) >= 11 is 0. The average Bonchev–Trinajstić information content (AvgIpc) is 2.74. The second-order valence-electron chi connectivity index (χ2n) is 9.00. The summed E-state index contributed by atoms with van der Waals surface area (Å²) in [6.07, 6.45) is 7.54. The van der Waals surface area contributed by atoms with Gasteiger partial charge in [0.15, 0.2) is 0 Å². The molecule has 4 rings (SSSR count). The van der Waals surface area contributed by atoms with Crippen molar-refractivity contribution in [1.82, 2.24) is 9.97 Å². The highest BCUT2D eigenvalue weighted by atomic mass is 19.1. The Morgan fingerprint density at radius 2 is 1.81 bits per heavy atom. The molecule has 1 amide bonds. The fraction of sp³-hybridized carbons (Fsp3) is 0.320. The van der Waals surface area contributed by atoms with E-state index in [1.54, 1.807) is 12.4 Å². The van der Waals surface area contributed by atoms with Gasteiger partial charge in [0.2, 0.25) is 0 Å². The maximum absolute atomic E-state index is 14.3. The van der Waals surface area contributed by atoms with Crippen LogP contribution in [0.1, 0.15) is 61.5 Å². The van der Waals surface area contributed by atoms with Crippen LogP contribution in [0.25, 0.3) is 11.3 Å². The predicted molar refractivity (Wildman–Crippen MR) is 117 cm³/mol. The largest absolute Gasteiger partial charge is 0.319 e. The quantitative estimate of drug-likeness (QED) is 0.505. The lowest BCUT2D eigenvalue weighted by Gasteiger charge is -2.36. The van der Waals surface area contributed by atoms with Crippen molar-refractivity contribution in [2.24, 2.45) is 5.41 Å². The van der Waals surface area contributed by atoms with Crippen LogP contribution in [0, 0.1) is 22.9 Å². The van der Waals surface area contributed by atoms with Crippen LogP contribution in [0.15, 0.2) is 48.8 Å². The lowest BCUT2D eigenvalue weighted by molar-refractivity contribution is 0.102. The first-order valence-corrected chi connectivity index (χ1v) is 10.6. The molecule has 3 aromatic rings. The molecule has 1 saturated carbocycles. The third kappa shape index (κ3) is 4.52. The SMILES string of the molecule is CC1(C)CCC[C@H](c2ccncc2NC(=O)c2ccc(F)c(-c3c(F)cccc3F)n2)C1. The molecule has 1 N–H and O–H groups in total. The molecule has 4 nitrogen and oxygen atoms in total. The van der Waals surface area contributed by atoms with Gasteiger partial charge in [0, 0.05) is 6.20 Å². The lowest BCUT2D eigenvalue weighted by atomic mass is 9.70. The number of hydrogen-bond acceptors (Lipinski definition) is 3. The number of rotatable bonds is 4. The standard InChI is InChI=1S/C25H24F3N3O/c1-25(2)11-4-5-15(13-25)16-10-12-29-14-21(16)31-24(32)20-9-8-19(28)23(30-20)22-17(26)6-3-7-18(22)27/h3,6-10,12,14-15H,4-5,11,13H2,1-2H3,(H,31,32)/t15-/m0/s1. The Morgan fingerprint density at radius 1 is 1.06 bits per heavy atom. The summed E-state index contributed by atoms with van der Waals surface area (Å²) in [4.78, 5) is 21.0. The Morgan fingerprint density at radius 3 is 2.53 bits per heavy atom. The van der Waals surface area contributed by atoms with Crippen molar-refractivity contribution in [3.8, 4) is 11.3 Å². The van der Waals surface area contributed by atoms with Gasteiger partial charge in [-0.15, -0.1) is 0 Å². The Bertz CT molecular complexity index is 1140.